The third-order valence-corrected chi connectivity index (χ3v) is 4.98. The van der Waals surface area contributed by atoms with Crippen LogP contribution < -0.4 is 10.2 Å². The van der Waals surface area contributed by atoms with Crippen LogP contribution in [-0.2, 0) is 0 Å². The molecule has 1 saturated heterocycles. The van der Waals surface area contributed by atoms with Crippen LogP contribution in [0.3, 0.4) is 0 Å². The molecule has 24 heavy (non-hydrogen) atoms. The van der Waals surface area contributed by atoms with Crippen LogP contribution in [0.2, 0.25) is 0 Å². The molecule has 1 aliphatic heterocycles. The molecule has 2 fully saturated rings. The zero-order valence-electron chi connectivity index (χ0n) is 14.1. The molecule has 0 bridgehead atoms. The molecule has 1 saturated carbocycles. The molecule has 3 rings (SSSR count). The number of amides is 2. The third-order valence-electron chi connectivity index (χ3n) is 4.98. The van der Waals surface area contributed by atoms with Crippen molar-refractivity contribution in [3.05, 3.63) is 42.4 Å². The van der Waals surface area contributed by atoms with Crippen molar-refractivity contribution in [1.29, 1.82) is 0 Å². The molecule has 2 amide bonds. The number of hydrogen-bond donors (Lipinski definition) is 1. The van der Waals surface area contributed by atoms with Crippen LogP contribution in [0.15, 0.2) is 36.5 Å². The molecule has 4 nitrogen and oxygen atoms in total. The van der Waals surface area contributed by atoms with Crippen LogP contribution in [0.4, 0.5) is 14.9 Å². The summed E-state index contributed by atoms with van der Waals surface area (Å²) in [5, 5.41) is 2.90. The quantitative estimate of drug-likeness (QED) is 0.915. The molecule has 1 aliphatic carbocycles. The van der Waals surface area contributed by atoms with Crippen molar-refractivity contribution in [1.82, 2.24) is 10.2 Å². The summed E-state index contributed by atoms with van der Waals surface area (Å²) in [7, 11) is 0. The van der Waals surface area contributed by atoms with Gasteiger partial charge < -0.3 is 15.1 Å². The van der Waals surface area contributed by atoms with E-state index in [9.17, 15) is 9.18 Å². The number of carbonyl (C=O) groups excluding carboxylic acids is 1. The predicted molar refractivity (Wildman–Crippen MR) is 94.4 cm³/mol. The lowest BCUT2D eigenvalue weighted by Gasteiger charge is -2.35. The Morgan fingerprint density at radius 2 is 1.71 bits per heavy atom. The Balaban J connectivity index is 1.43. The number of rotatable bonds is 3. The van der Waals surface area contributed by atoms with Gasteiger partial charge in [-0.3, -0.25) is 0 Å². The maximum atomic E-state index is 13.0. The number of nitrogens with zero attached hydrogens (tertiary/aromatic N) is 2. The average Bonchev–Trinajstić information content (AvgIpc) is 2.63. The molecule has 130 valence electrons. The zero-order valence-corrected chi connectivity index (χ0v) is 14.1. The van der Waals surface area contributed by atoms with Gasteiger partial charge in [-0.15, -0.1) is 0 Å². The highest BCUT2D eigenvalue weighted by Crippen LogP contribution is 2.24. The highest BCUT2D eigenvalue weighted by molar-refractivity contribution is 5.75. The van der Waals surface area contributed by atoms with Crippen molar-refractivity contribution in [2.24, 2.45) is 5.92 Å². The van der Waals surface area contributed by atoms with E-state index >= 15 is 0 Å². The molecule has 0 radical (unpaired) electrons. The third kappa shape index (κ3) is 4.49. The van der Waals surface area contributed by atoms with Gasteiger partial charge in [0.2, 0.25) is 0 Å². The SMILES string of the molecule is O=C(N/C=C/C1CCCCC1)N1CCN(c2ccc(F)cc2)CC1. The van der Waals surface area contributed by atoms with Gasteiger partial charge in [0.25, 0.3) is 0 Å². The maximum absolute atomic E-state index is 13.0. The van der Waals surface area contributed by atoms with Crippen molar-refractivity contribution in [2.75, 3.05) is 31.1 Å². The van der Waals surface area contributed by atoms with Crippen molar-refractivity contribution < 1.29 is 9.18 Å². The van der Waals surface area contributed by atoms with E-state index in [0.29, 0.717) is 19.0 Å². The van der Waals surface area contributed by atoms with E-state index in [-0.39, 0.29) is 11.8 Å². The molecule has 5 heteroatoms. The summed E-state index contributed by atoms with van der Waals surface area (Å²) in [6, 6.07) is 6.51. The highest BCUT2D eigenvalue weighted by atomic mass is 19.1. The first-order valence-electron chi connectivity index (χ1n) is 8.95. The number of benzene rings is 1. The van der Waals surface area contributed by atoms with Crippen molar-refractivity contribution in [3.8, 4) is 0 Å². The average molecular weight is 331 g/mol. The predicted octanol–water partition coefficient (Wildman–Crippen LogP) is 3.75. The fourth-order valence-corrected chi connectivity index (χ4v) is 3.49. The molecule has 1 heterocycles. The zero-order chi connectivity index (χ0) is 16.8. The maximum Gasteiger partial charge on any atom is 0.321 e. The minimum atomic E-state index is -0.221. The monoisotopic (exact) mass is 331 g/mol. The lowest BCUT2D eigenvalue weighted by atomic mass is 9.89. The van der Waals surface area contributed by atoms with Gasteiger partial charge in [0.15, 0.2) is 0 Å². The molecule has 0 aromatic heterocycles. The van der Waals surface area contributed by atoms with Crippen LogP contribution in [0.1, 0.15) is 32.1 Å². The van der Waals surface area contributed by atoms with E-state index in [0.717, 1.165) is 18.8 Å². The molecule has 0 atom stereocenters. The molecule has 0 spiro atoms. The van der Waals surface area contributed by atoms with Gasteiger partial charge in [-0.1, -0.05) is 25.3 Å². The Morgan fingerprint density at radius 1 is 1.04 bits per heavy atom. The molecule has 1 N–H and O–H groups in total. The number of allylic oxidation sites excluding steroid dienone is 1. The topological polar surface area (TPSA) is 35.6 Å². The fraction of sp³-hybridized carbons (Fsp3) is 0.526. The van der Waals surface area contributed by atoms with Crippen molar-refractivity contribution >= 4 is 11.7 Å². The second-order valence-electron chi connectivity index (χ2n) is 6.66. The van der Waals surface area contributed by atoms with E-state index in [1.54, 1.807) is 12.1 Å². The summed E-state index contributed by atoms with van der Waals surface area (Å²) in [5.41, 5.74) is 1.01. The van der Waals surface area contributed by atoms with E-state index in [4.69, 9.17) is 0 Å². The lowest BCUT2D eigenvalue weighted by molar-refractivity contribution is 0.198. The molecule has 0 unspecified atom stereocenters. The second kappa shape index (κ2) is 8.18. The number of nitrogens with one attached hydrogen (secondary N) is 1. The van der Waals surface area contributed by atoms with Gasteiger partial charge in [-0.2, -0.15) is 0 Å². The van der Waals surface area contributed by atoms with Gasteiger partial charge in [-0.25, -0.2) is 9.18 Å². The largest absolute Gasteiger partial charge is 0.368 e. The standard InChI is InChI=1S/C19H26FN3O/c20-17-6-8-18(9-7-17)22-12-14-23(15-13-22)19(24)21-11-10-16-4-2-1-3-5-16/h6-11,16H,1-5,12-15H2,(H,21,24)/b11-10+. The minimum Gasteiger partial charge on any atom is -0.368 e. The molecular weight excluding hydrogens is 305 g/mol. The summed E-state index contributed by atoms with van der Waals surface area (Å²) in [6.45, 7) is 2.90. The molecule has 2 aliphatic rings. The molecule has 1 aromatic carbocycles. The minimum absolute atomic E-state index is 0.0270. The van der Waals surface area contributed by atoms with E-state index < -0.39 is 0 Å². The number of halogens is 1. The van der Waals surface area contributed by atoms with Gasteiger partial charge in [0.1, 0.15) is 5.82 Å². The van der Waals surface area contributed by atoms with Crippen LogP contribution in [0.25, 0.3) is 0 Å². The Bertz CT molecular complexity index is 558. The number of anilines is 1. The Labute approximate surface area is 143 Å². The van der Waals surface area contributed by atoms with Crippen LogP contribution >= 0.6 is 0 Å². The van der Waals surface area contributed by atoms with Gasteiger partial charge in [-0.05, 0) is 43.0 Å². The summed E-state index contributed by atoms with van der Waals surface area (Å²) in [5.74, 6) is 0.399. The molecular formula is C19H26FN3O. The van der Waals surface area contributed by atoms with Crippen LogP contribution in [-0.4, -0.2) is 37.1 Å². The first kappa shape index (κ1) is 16.8. The van der Waals surface area contributed by atoms with E-state index in [1.807, 2.05) is 11.1 Å². The Hall–Kier alpha value is -2.04. The van der Waals surface area contributed by atoms with Crippen molar-refractivity contribution in [2.45, 2.75) is 32.1 Å². The second-order valence-corrected chi connectivity index (χ2v) is 6.66. The number of urea groups is 1. The number of hydrogen-bond acceptors (Lipinski definition) is 2. The molecule has 1 aromatic rings. The fourth-order valence-electron chi connectivity index (χ4n) is 3.49. The Morgan fingerprint density at radius 3 is 2.38 bits per heavy atom. The van der Waals surface area contributed by atoms with E-state index in [2.05, 4.69) is 16.3 Å². The summed E-state index contributed by atoms with van der Waals surface area (Å²) >= 11 is 0. The first-order valence-corrected chi connectivity index (χ1v) is 8.95. The number of piperazine rings is 1. The van der Waals surface area contributed by atoms with Crippen molar-refractivity contribution in [3.63, 3.8) is 0 Å². The first-order chi connectivity index (χ1) is 11.7. The van der Waals surface area contributed by atoms with Gasteiger partial charge in [0, 0.05) is 38.1 Å². The normalized spacial score (nSPS) is 19.7. The summed E-state index contributed by atoms with van der Waals surface area (Å²) < 4.78 is 13.0. The van der Waals surface area contributed by atoms with E-state index in [1.165, 1.54) is 44.2 Å². The summed E-state index contributed by atoms with van der Waals surface area (Å²) in [6.07, 6.45) is 10.4. The smallest absolute Gasteiger partial charge is 0.321 e. The van der Waals surface area contributed by atoms with Crippen LogP contribution in [0.5, 0.6) is 0 Å². The van der Waals surface area contributed by atoms with Gasteiger partial charge in [0.05, 0.1) is 0 Å². The highest BCUT2D eigenvalue weighted by Gasteiger charge is 2.20. The summed E-state index contributed by atoms with van der Waals surface area (Å²) in [4.78, 5) is 16.2. The van der Waals surface area contributed by atoms with Crippen LogP contribution in [0, 0.1) is 11.7 Å². The van der Waals surface area contributed by atoms with Gasteiger partial charge >= 0.3 is 6.03 Å². The lowest BCUT2D eigenvalue weighted by Crippen LogP contribution is -2.51. The Kier molecular flexibility index (Phi) is 5.72. The number of carbonyl (C=O) groups is 1.